The van der Waals surface area contributed by atoms with Crippen LogP contribution in [0.1, 0.15) is 35.2 Å². The third-order valence-electron chi connectivity index (χ3n) is 3.43. The summed E-state index contributed by atoms with van der Waals surface area (Å²) in [5.41, 5.74) is -0.531. The van der Waals surface area contributed by atoms with Gasteiger partial charge in [0, 0.05) is 18.3 Å². The number of nitrogens with zero attached hydrogens (tertiary/aromatic N) is 1. The molecule has 1 aliphatic rings. The van der Waals surface area contributed by atoms with E-state index < -0.39 is 17.3 Å². The van der Waals surface area contributed by atoms with Crippen molar-refractivity contribution in [2.24, 2.45) is 7.05 Å². The first kappa shape index (κ1) is 12.2. The van der Waals surface area contributed by atoms with Gasteiger partial charge in [-0.05, 0) is 38.2 Å². The number of aromatic nitrogens is 1. The fourth-order valence-corrected chi connectivity index (χ4v) is 2.62. The van der Waals surface area contributed by atoms with Gasteiger partial charge in [-0.2, -0.15) is 13.2 Å². The van der Waals surface area contributed by atoms with Crippen LogP contribution in [0.5, 0.6) is 0 Å². The fourth-order valence-electron chi connectivity index (χ4n) is 2.62. The van der Waals surface area contributed by atoms with E-state index in [-0.39, 0.29) is 5.56 Å². The molecule has 94 valence electrons. The Bertz CT molecular complexity index is 514. The zero-order chi connectivity index (χ0) is 12.8. The van der Waals surface area contributed by atoms with Crippen LogP contribution in [-0.2, 0) is 26.1 Å². The second-order valence-corrected chi connectivity index (χ2v) is 4.49. The minimum absolute atomic E-state index is 0.180. The summed E-state index contributed by atoms with van der Waals surface area (Å²) in [5, 5.41) is 0. The van der Waals surface area contributed by atoms with Crippen LogP contribution in [-0.4, -0.2) is 4.57 Å². The number of rotatable bonds is 0. The van der Waals surface area contributed by atoms with Crippen molar-refractivity contribution in [2.75, 3.05) is 0 Å². The van der Waals surface area contributed by atoms with Gasteiger partial charge in [0.2, 0.25) is 0 Å². The molecule has 0 saturated heterocycles. The van der Waals surface area contributed by atoms with Crippen LogP contribution in [0.4, 0.5) is 13.2 Å². The van der Waals surface area contributed by atoms with Gasteiger partial charge in [0.15, 0.2) is 0 Å². The maximum absolute atomic E-state index is 13.0. The van der Waals surface area contributed by atoms with Crippen molar-refractivity contribution in [1.82, 2.24) is 4.57 Å². The van der Waals surface area contributed by atoms with Crippen LogP contribution in [0.15, 0.2) is 4.79 Å². The number of pyridine rings is 1. The van der Waals surface area contributed by atoms with Crippen LogP contribution in [0.3, 0.4) is 0 Å². The molecule has 0 aliphatic heterocycles. The highest BCUT2D eigenvalue weighted by molar-refractivity contribution is 5.40. The van der Waals surface area contributed by atoms with Crippen molar-refractivity contribution in [3.8, 4) is 0 Å². The molecule has 1 aromatic rings. The van der Waals surface area contributed by atoms with E-state index in [1.165, 1.54) is 11.5 Å². The molecule has 0 saturated carbocycles. The Kier molecular flexibility index (Phi) is 2.79. The van der Waals surface area contributed by atoms with Gasteiger partial charge in [0.25, 0.3) is 5.56 Å². The molecule has 0 unspecified atom stereocenters. The van der Waals surface area contributed by atoms with Gasteiger partial charge in [-0.15, -0.1) is 0 Å². The smallest absolute Gasteiger partial charge is 0.315 e. The van der Waals surface area contributed by atoms with E-state index in [0.717, 1.165) is 12.8 Å². The monoisotopic (exact) mass is 245 g/mol. The van der Waals surface area contributed by atoms with Crippen LogP contribution in [0.2, 0.25) is 0 Å². The van der Waals surface area contributed by atoms with Crippen molar-refractivity contribution in [3.05, 3.63) is 32.7 Å². The first-order valence-corrected chi connectivity index (χ1v) is 5.62. The summed E-state index contributed by atoms with van der Waals surface area (Å²) in [5.74, 6) is 0. The van der Waals surface area contributed by atoms with E-state index in [4.69, 9.17) is 0 Å². The quantitative estimate of drug-likeness (QED) is 0.688. The number of halogens is 3. The minimum atomic E-state index is -4.43. The van der Waals surface area contributed by atoms with E-state index in [1.54, 1.807) is 7.05 Å². The first-order valence-electron chi connectivity index (χ1n) is 5.62. The van der Waals surface area contributed by atoms with Gasteiger partial charge in [0.1, 0.15) is 0 Å². The van der Waals surface area contributed by atoms with Crippen LogP contribution >= 0.6 is 0 Å². The molecule has 1 aliphatic carbocycles. The third kappa shape index (κ3) is 1.87. The molecule has 17 heavy (non-hydrogen) atoms. The van der Waals surface area contributed by atoms with Gasteiger partial charge in [-0.1, -0.05) is 0 Å². The molecule has 0 amide bonds. The molecule has 1 aromatic heterocycles. The van der Waals surface area contributed by atoms with Crippen molar-refractivity contribution >= 4 is 0 Å². The second kappa shape index (κ2) is 3.89. The molecule has 2 rings (SSSR count). The lowest BCUT2D eigenvalue weighted by atomic mass is 9.89. The SMILES string of the molecule is Cc1c(C(F)(F)F)c2c(n(C)c1=O)CCCC2. The average Bonchev–Trinajstić information content (AvgIpc) is 2.24. The Labute approximate surface area is 97.1 Å². The van der Waals surface area contributed by atoms with Crippen LogP contribution < -0.4 is 5.56 Å². The topological polar surface area (TPSA) is 22.0 Å². The maximum atomic E-state index is 13.0. The predicted molar refractivity (Wildman–Crippen MR) is 58.1 cm³/mol. The summed E-state index contributed by atoms with van der Waals surface area (Å²) in [6, 6.07) is 0. The van der Waals surface area contributed by atoms with Crippen LogP contribution in [0, 0.1) is 6.92 Å². The van der Waals surface area contributed by atoms with E-state index in [1.807, 2.05) is 0 Å². The molecule has 5 heteroatoms. The molecular formula is C12H14F3NO. The highest BCUT2D eigenvalue weighted by atomic mass is 19.4. The average molecular weight is 245 g/mol. The van der Waals surface area contributed by atoms with E-state index in [0.29, 0.717) is 24.1 Å². The molecule has 0 atom stereocenters. The lowest BCUT2D eigenvalue weighted by Gasteiger charge is -2.24. The largest absolute Gasteiger partial charge is 0.417 e. The van der Waals surface area contributed by atoms with Gasteiger partial charge >= 0.3 is 6.18 Å². The second-order valence-electron chi connectivity index (χ2n) is 4.49. The summed E-state index contributed by atoms with van der Waals surface area (Å²) >= 11 is 0. The molecule has 0 aromatic carbocycles. The molecule has 0 N–H and O–H groups in total. The van der Waals surface area contributed by atoms with Gasteiger partial charge in [-0.25, -0.2) is 0 Å². The third-order valence-corrected chi connectivity index (χ3v) is 3.43. The molecule has 2 nitrogen and oxygen atoms in total. The van der Waals surface area contributed by atoms with Crippen molar-refractivity contribution in [2.45, 2.75) is 38.8 Å². The maximum Gasteiger partial charge on any atom is 0.417 e. The number of alkyl halides is 3. The van der Waals surface area contributed by atoms with Gasteiger partial charge < -0.3 is 4.57 Å². The highest BCUT2D eigenvalue weighted by Gasteiger charge is 2.38. The Morgan fingerprint density at radius 1 is 1.18 bits per heavy atom. The van der Waals surface area contributed by atoms with Gasteiger partial charge in [0.05, 0.1) is 5.56 Å². The van der Waals surface area contributed by atoms with Crippen molar-refractivity contribution < 1.29 is 13.2 Å². The van der Waals surface area contributed by atoms with Crippen molar-refractivity contribution in [3.63, 3.8) is 0 Å². The van der Waals surface area contributed by atoms with E-state index in [2.05, 4.69) is 0 Å². The van der Waals surface area contributed by atoms with E-state index in [9.17, 15) is 18.0 Å². The molecular weight excluding hydrogens is 231 g/mol. The van der Waals surface area contributed by atoms with E-state index >= 15 is 0 Å². The summed E-state index contributed by atoms with van der Waals surface area (Å²) in [7, 11) is 1.56. The summed E-state index contributed by atoms with van der Waals surface area (Å²) < 4.78 is 40.4. The zero-order valence-electron chi connectivity index (χ0n) is 9.82. The first-order chi connectivity index (χ1) is 7.84. The lowest BCUT2D eigenvalue weighted by molar-refractivity contribution is -0.139. The number of hydrogen-bond acceptors (Lipinski definition) is 1. The minimum Gasteiger partial charge on any atom is -0.315 e. The summed E-state index contributed by atoms with van der Waals surface area (Å²) in [4.78, 5) is 11.8. The summed E-state index contributed by atoms with van der Waals surface area (Å²) in [6.45, 7) is 1.26. The zero-order valence-corrected chi connectivity index (χ0v) is 9.82. The number of hydrogen-bond donors (Lipinski definition) is 0. The van der Waals surface area contributed by atoms with Crippen molar-refractivity contribution in [1.29, 1.82) is 0 Å². The molecule has 0 bridgehead atoms. The number of fused-ring (bicyclic) bond motifs is 1. The molecule has 1 heterocycles. The Morgan fingerprint density at radius 3 is 2.35 bits per heavy atom. The Hall–Kier alpha value is -1.26. The Morgan fingerprint density at radius 2 is 1.76 bits per heavy atom. The lowest BCUT2D eigenvalue weighted by Crippen LogP contribution is -2.31. The standard InChI is InChI=1S/C12H14F3NO/c1-7-10(12(13,14)15)8-5-3-4-6-9(8)16(2)11(7)17/h3-6H2,1-2H3. The normalized spacial score (nSPS) is 15.8. The Balaban J connectivity index is 2.83. The fraction of sp³-hybridized carbons (Fsp3) is 0.583. The van der Waals surface area contributed by atoms with Gasteiger partial charge in [-0.3, -0.25) is 4.79 Å². The predicted octanol–water partition coefficient (Wildman–Crippen LogP) is 2.59. The molecule has 0 fully saturated rings. The van der Waals surface area contributed by atoms with Crippen LogP contribution in [0.25, 0.3) is 0 Å². The summed E-state index contributed by atoms with van der Waals surface area (Å²) in [6.07, 6.45) is -1.85. The molecule has 0 spiro atoms. The highest BCUT2D eigenvalue weighted by Crippen LogP contribution is 2.37. The molecule has 0 radical (unpaired) electrons.